The first kappa shape index (κ1) is 14.4. The Hall–Kier alpha value is -1.62. The molecule has 0 fully saturated rings. The lowest BCUT2D eigenvalue weighted by molar-refractivity contribution is -0.127. The van der Waals surface area contributed by atoms with Crippen LogP contribution in [-0.2, 0) is 11.3 Å². The van der Waals surface area contributed by atoms with Crippen molar-refractivity contribution < 1.29 is 9.18 Å². The van der Waals surface area contributed by atoms with Gasteiger partial charge in [0.15, 0.2) is 0 Å². The first-order valence-electron chi connectivity index (χ1n) is 5.93. The minimum atomic E-state index is -0.311. The van der Waals surface area contributed by atoms with Crippen LogP contribution in [0.4, 0.5) is 10.1 Å². The second-order valence-electron chi connectivity index (χ2n) is 4.28. The van der Waals surface area contributed by atoms with E-state index < -0.39 is 0 Å². The van der Waals surface area contributed by atoms with Gasteiger partial charge >= 0.3 is 0 Å². The summed E-state index contributed by atoms with van der Waals surface area (Å²) in [6, 6.07) is 4.47. The summed E-state index contributed by atoms with van der Waals surface area (Å²) in [6.45, 7) is 3.13. The molecule has 0 aliphatic heterocycles. The second kappa shape index (κ2) is 6.35. The van der Waals surface area contributed by atoms with Crippen LogP contribution in [-0.4, -0.2) is 38.0 Å². The lowest BCUT2D eigenvalue weighted by Crippen LogP contribution is -2.37. The number of nitrogens with zero attached hydrogens (tertiary/aromatic N) is 2. The van der Waals surface area contributed by atoms with Crippen LogP contribution in [0.3, 0.4) is 0 Å². The van der Waals surface area contributed by atoms with E-state index in [1.54, 1.807) is 20.2 Å². The van der Waals surface area contributed by atoms with E-state index in [9.17, 15) is 9.18 Å². The van der Waals surface area contributed by atoms with Crippen LogP contribution in [0.1, 0.15) is 12.5 Å². The summed E-state index contributed by atoms with van der Waals surface area (Å²) in [6.07, 6.45) is 0. The van der Waals surface area contributed by atoms with Crippen LogP contribution in [0, 0.1) is 5.82 Å². The number of carbonyl (C=O) groups is 1. The molecule has 4 nitrogen and oxygen atoms in total. The fourth-order valence-corrected chi connectivity index (χ4v) is 1.70. The van der Waals surface area contributed by atoms with Gasteiger partial charge < -0.3 is 15.5 Å². The van der Waals surface area contributed by atoms with Crippen molar-refractivity contribution in [2.45, 2.75) is 13.5 Å². The number of likely N-dealkylation sites (N-methyl/N-ethyl adjacent to an activating group) is 2. The van der Waals surface area contributed by atoms with E-state index in [1.165, 1.54) is 17.0 Å². The summed E-state index contributed by atoms with van der Waals surface area (Å²) in [5.74, 6) is -0.307. The van der Waals surface area contributed by atoms with Crippen molar-refractivity contribution in [3.05, 3.63) is 29.6 Å². The zero-order chi connectivity index (χ0) is 13.7. The van der Waals surface area contributed by atoms with Crippen molar-refractivity contribution in [3.8, 4) is 0 Å². The Balaban J connectivity index is 2.98. The quantitative estimate of drug-likeness (QED) is 0.858. The largest absolute Gasteiger partial charge is 0.362 e. The number of nitrogens with two attached hydrogens (primary N) is 1. The summed E-state index contributed by atoms with van der Waals surface area (Å²) in [4.78, 5) is 15.2. The summed E-state index contributed by atoms with van der Waals surface area (Å²) >= 11 is 0. The van der Waals surface area contributed by atoms with Crippen molar-refractivity contribution in [1.29, 1.82) is 0 Å². The van der Waals surface area contributed by atoms with Gasteiger partial charge in [0.2, 0.25) is 5.91 Å². The average Bonchev–Trinajstić information content (AvgIpc) is 2.35. The van der Waals surface area contributed by atoms with Gasteiger partial charge in [-0.15, -0.1) is 0 Å². The Morgan fingerprint density at radius 1 is 1.39 bits per heavy atom. The SMILES string of the molecule is CCN(CC(=O)N(C)C)c1ccc(F)cc1CN. The van der Waals surface area contributed by atoms with Gasteiger partial charge in [0.05, 0.1) is 6.54 Å². The van der Waals surface area contributed by atoms with E-state index in [0.717, 1.165) is 5.69 Å². The summed E-state index contributed by atoms with van der Waals surface area (Å²) in [7, 11) is 3.43. The minimum Gasteiger partial charge on any atom is -0.362 e. The standard InChI is InChI=1S/C13H20FN3O/c1-4-17(9-13(18)16(2)3)12-6-5-11(14)7-10(12)8-15/h5-7H,4,8-9,15H2,1-3H3. The maximum atomic E-state index is 13.1. The Labute approximate surface area is 107 Å². The van der Waals surface area contributed by atoms with Gasteiger partial charge in [-0.2, -0.15) is 0 Å². The molecule has 0 aliphatic carbocycles. The lowest BCUT2D eigenvalue weighted by Gasteiger charge is -2.26. The van der Waals surface area contributed by atoms with Crippen molar-refractivity contribution >= 4 is 11.6 Å². The highest BCUT2D eigenvalue weighted by molar-refractivity contribution is 5.81. The second-order valence-corrected chi connectivity index (χ2v) is 4.28. The van der Waals surface area contributed by atoms with E-state index in [2.05, 4.69) is 0 Å². The van der Waals surface area contributed by atoms with Crippen molar-refractivity contribution in [1.82, 2.24) is 4.90 Å². The van der Waals surface area contributed by atoms with Gasteiger partial charge in [-0.05, 0) is 30.7 Å². The van der Waals surface area contributed by atoms with Crippen LogP contribution in [0.5, 0.6) is 0 Å². The molecular formula is C13H20FN3O. The van der Waals surface area contributed by atoms with E-state index in [-0.39, 0.29) is 24.8 Å². The third kappa shape index (κ3) is 3.43. The minimum absolute atomic E-state index is 0.00384. The van der Waals surface area contributed by atoms with Gasteiger partial charge in [0.1, 0.15) is 5.82 Å². The van der Waals surface area contributed by atoms with E-state index in [4.69, 9.17) is 5.73 Å². The molecule has 0 saturated heterocycles. The molecule has 1 aromatic carbocycles. The maximum Gasteiger partial charge on any atom is 0.241 e. The maximum absolute atomic E-state index is 13.1. The Bertz CT molecular complexity index is 421. The molecule has 100 valence electrons. The molecule has 1 amide bonds. The molecule has 0 saturated carbocycles. The van der Waals surface area contributed by atoms with Gasteiger partial charge in [-0.1, -0.05) is 0 Å². The molecule has 0 bridgehead atoms. The molecule has 2 N–H and O–H groups in total. The van der Waals surface area contributed by atoms with Crippen molar-refractivity contribution in [2.75, 3.05) is 32.1 Å². The fraction of sp³-hybridized carbons (Fsp3) is 0.462. The third-order valence-electron chi connectivity index (χ3n) is 2.81. The number of carbonyl (C=O) groups excluding carboxylic acids is 1. The highest BCUT2D eigenvalue weighted by atomic mass is 19.1. The zero-order valence-corrected chi connectivity index (χ0v) is 11.1. The molecule has 5 heteroatoms. The van der Waals surface area contributed by atoms with Crippen LogP contribution in [0.25, 0.3) is 0 Å². The molecule has 1 rings (SSSR count). The number of amides is 1. The molecule has 0 aliphatic rings. The van der Waals surface area contributed by atoms with E-state index in [0.29, 0.717) is 12.1 Å². The smallest absolute Gasteiger partial charge is 0.241 e. The highest BCUT2D eigenvalue weighted by Crippen LogP contribution is 2.21. The molecule has 18 heavy (non-hydrogen) atoms. The average molecular weight is 253 g/mol. The van der Waals surface area contributed by atoms with Crippen LogP contribution < -0.4 is 10.6 Å². The summed E-state index contributed by atoms with van der Waals surface area (Å²) < 4.78 is 13.1. The Kier molecular flexibility index (Phi) is 5.09. The predicted molar refractivity (Wildman–Crippen MR) is 70.9 cm³/mol. The number of hydrogen-bond acceptors (Lipinski definition) is 3. The monoisotopic (exact) mass is 253 g/mol. The van der Waals surface area contributed by atoms with Crippen LogP contribution in [0.15, 0.2) is 18.2 Å². The first-order chi connectivity index (χ1) is 8.49. The van der Waals surface area contributed by atoms with Crippen LogP contribution in [0.2, 0.25) is 0 Å². The molecule has 0 spiro atoms. The molecule has 0 radical (unpaired) electrons. The first-order valence-corrected chi connectivity index (χ1v) is 5.93. The van der Waals surface area contributed by atoms with Crippen LogP contribution >= 0.6 is 0 Å². The lowest BCUT2D eigenvalue weighted by atomic mass is 10.1. The Morgan fingerprint density at radius 3 is 2.56 bits per heavy atom. The topological polar surface area (TPSA) is 49.6 Å². The van der Waals surface area contributed by atoms with Gasteiger partial charge in [0, 0.05) is 32.9 Å². The molecule has 0 heterocycles. The number of benzene rings is 1. The number of anilines is 1. The normalized spacial score (nSPS) is 10.3. The van der Waals surface area contributed by atoms with Crippen molar-refractivity contribution in [3.63, 3.8) is 0 Å². The van der Waals surface area contributed by atoms with Gasteiger partial charge in [-0.3, -0.25) is 4.79 Å². The molecular weight excluding hydrogens is 233 g/mol. The number of hydrogen-bond donors (Lipinski definition) is 1. The van der Waals surface area contributed by atoms with E-state index in [1.807, 2.05) is 11.8 Å². The third-order valence-corrected chi connectivity index (χ3v) is 2.81. The molecule has 0 aromatic heterocycles. The predicted octanol–water partition coefficient (Wildman–Crippen LogP) is 1.20. The molecule has 1 aromatic rings. The van der Waals surface area contributed by atoms with Gasteiger partial charge in [0.25, 0.3) is 0 Å². The summed E-state index contributed by atoms with van der Waals surface area (Å²) in [5.41, 5.74) is 7.14. The van der Waals surface area contributed by atoms with Crippen molar-refractivity contribution in [2.24, 2.45) is 5.73 Å². The fourth-order valence-electron chi connectivity index (χ4n) is 1.70. The van der Waals surface area contributed by atoms with Gasteiger partial charge in [-0.25, -0.2) is 4.39 Å². The zero-order valence-electron chi connectivity index (χ0n) is 11.1. The number of rotatable bonds is 5. The highest BCUT2D eigenvalue weighted by Gasteiger charge is 2.14. The molecule has 0 atom stereocenters. The Morgan fingerprint density at radius 2 is 2.06 bits per heavy atom. The van der Waals surface area contributed by atoms with E-state index >= 15 is 0 Å². The molecule has 0 unspecified atom stereocenters. The number of halogens is 1. The summed E-state index contributed by atoms with van der Waals surface area (Å²) in [5, 5.41) is 0.